The Bertz CT molecular complexity index is 1080. The molecule has 1 heterocycles. The Kier molecular flexibility index (Phi) is 5.40. The van der Waals surface area contributed by atoms with Gasteiger partial charge in [0.1, 0.15) is 25.5 Å². The van der Waals surface area contributed by atoms with E-state index < -0.39 is 17.1 Å². The molecule has 0 amide bonds. The van der Waals surface area contributed by atoms with Crippen LogP contribution in [0, 0.1) is 13.8 Å². The number of benzene rings is 2. The molecule has 7 nitrogen and oxygen atoms in total. The lowest BCUT2D eigenvalue weighted by molar-refractivity contribution is -0.145. The molecule has 1 N–H and O–H groups in total. The molecule has 3 aromatic rings. The Hall–Kier alpha value is -3.35. The van der Waals surface area contributed by atoms with Crippen LogP contribution in [-0.2, 0) is 16.1 Å². The number of carbonyl (C=O) groups is 1. The molecule has 0 radical (unpaired) electrons. The van der Waals surface area contributed by atoms with Crippen LogP contribution in [0.4, 0.5) is 0 Å². The van der Waals surface area contributed by atoms with Crippen LogP contribution >= 0.6 is 0 Å². The maximum atomic E-state index is 12.4. The van der Waals surface area contributed by atoms with Gasteiger partial charge >= 0.3 is 5.97 Å². The third-order valence-electron chi connectivity index (χ3n) is 3.98. The monoisotopic (exact) mass is 368 g/mol. The van der Waals surface area contributed by atoms with Crippen molar-refractivity contribution >= 4 is 16.7 Å². The fraction of sp³-hybridized carbons (Fsp3) is 0.250. The quantitative estimate of drug-likeness (QED) is 0.530. The molecule has 0 unspecified atom stereocenters. The number of aromatic amines is 1. The molecular formula is C20H20N2O5. The highest BCUT2D eigenvalue weighted by Gasteiger charge is 2.11. The summed E-state index contributed by atoms with van der Waals surface area (Å²) in [5.41, 5.74) is 1.29. The van der Waals surface area contributed by atoms with E-state index in [9.17, 15) is 14.4 Å². The molecule has 0 aliphatic carbocycles. The number of carbonyl (C=O) groups excluding carboxylic acids is 1. The third kappa shape index (κ3) is 4.44. The van der Waals surface area contributed by atoms with Gasteiger partial charge in [0.15, 0.2) is 0 Å². The summed E-state index contributed by atoms with van der Waals surface area (Å²) in [5, 5.41) is 2.94. The topological polar surface area (TPSA) is 90.4 Å². The highest BCUT2D eigenvalue weighted by Crippen LogP contribution is 2.15. The van der Waals surface area contributed by atoms with Gasteiger partial charge in [-0.1, -0.05) is 18.2 Å². The fourth-order valence-electron chi connectivity index (χ4n) is 2.86. The van der Waals surface area contributed by atoms with Gasteiger partial charge in [-0.3, -0.25) is 19.5 Å². The summed E-state index contributed by atoms with van der Waals surface area (Å²) in [7, 11) is 0. The maximum Gasteiger partial charge on any atom is 0.327 e. The summed E-state index contributed by atoms with van der Waals surface area (Å²) >= 11 is 0. The van der Waals surface area contributed by atoms with Gasteiger partial charge in [0.2, 0.25) is 0 Å². The SMILES string of the molecule is Cc1cc(C)cc(OCCOC(=O)Cn2[nH]c(=O)c3ccccc3c2=O)c1. The average molecular weight is 368 g/mol. The van der Waals surface area contributed by atoms with E-state index in [0.29, 0.717) is 5.75 Å². The second-order valence-corrected chi connectivity index (χ2v) is 6.27. The highest BCUT2D eigenvalue weighted by molar-refractivity contribution is 5.80. The van der Waals surface area contributed by atoms with Crippen molar-refractivity contribution in [2.75, 3.05) is 13.2 Å². The van der Waals surface area contributed by atoms with Crippen molar-refractivity contribution < 1.29 is 14.3 Å². The minimum absolute atomic E-state index is 0.0401. The van der Waals surface area contributed by atoms with Gasteiger partial charge in [-0.05, 0) is 49.2 Å². The molecule has 3 rings (SSSR count). The second kappa shape index (κ2) is 7.90. The molecule has 1 aromatic heterocycles. The molecule has 0 fully saturated rings. The summed E-state index contributed by atoms with van der Waals surface area (Å²) in [5.74, 6) is 0.0747. The molecule has 7 heteroatoms. The number of hydrogen-bond acceptors (Lipinski definition) is 5. The molecule has 0 saturated heterocycles. The maximum absolute atomic E-state index is 12.4. The molecular weight excluding hydrogens is 348 g/mol. The lowest BCUT2D eigenvalue weighted by Gasteiger charge is -2.10. The van der Waals surface area contributed by atoms with Crippen LogP contribution in [0.5, 0.6) is 5.75 Å². The van der Waals surface area contributed by atoms with Crippen LogP contribution in [0.15, 0.2) is 52.1 Å². The van der Waals surface area contributed by atoms with E-state index in [1.165, 1.54) is 0 Å². The number of fused-ring (bicyclic) bond motifs is 1. The number of nitrogens with zero attached hydrogens (tertiary/aromatic N) is 1. The van der Waals surface area contributed by atoms with Crippen molar-refractivity contribution in [3.8, 4) is 5.75 Å². The van der Waals surface area contributed by atoms with Crippen LogP contribution in [0.3, 0.4) is 0 Å². The van der Waals surface area contributed by atoms with Gasteiger partial charge in [0.25, 0.3) is 11.1 Å². The van der Waals surface area contributed by atoms with Gasteiger partial charge in [0.05, 0.1) is 10.8 Å². The standard InChI is InChI=1S/C20H20N2O5/c1-13-9-14(2)11-15(10-13)26-7-8-27-18(23)12-22-20(25)17-6-4-3-5-16(17)19(24)21-22/h3-6,9-11H,7-8,12H2,1-2H3,(H,21,24). The lowest BCUT2D eigenvalue weighted by atomic mass is 10.1. The third-order valence-corrected chi connectivity index (χ3v) is 3.98. The van der Waals surface area contributed by atoms with Crippen LogP contribution in [0.2, 0.25) is 0 Å². The first-order valence-electron chi connectivity index (χ1n) is 8.52. The number of nitrogens with one attached hydrogen (secondary N) is 1. The van der Waals surface area contributed by atoms with E-state index in [4.69, 9.17) is 9.47 Å². The Morgan fingerprint density at radius 1 is 1.00 bits per heavy atom. The number of H-pyrrole nitrogens is 1. The van der Waals surface area contributed by atoms with Gasteiger partial charge in [-0.2, -0.15) is 0 Å². The van der Waals surface area contributed by atoms with Gasteiger partial charge in [-0.15, -0.1) is 0 Å². The Morgan fingerprint density at radius 2 is 1.67 bits per heavy atom. The van der Waals surface area contributed by atoms with E-state index in [1.807, 2.05) is 32.0 Å². The van der Waals surface area contributed by atoms with Crippen molar-refractivity contribution in [1.82, 2.24) is 9.78 Å². The Morgan fingerprint density at radius 3 is 2.37 bits per heavy atom. The van der Waals surface area contributed by atoms with E-state index in [-0.39, 0.29) is 30.5 Å². The van der Waals surface area contributed by atoms with E-state index in [0.717, 1.165) is 15.8 Å². The number of rotatable bonds is 6. The number of hydrogen-bond donors (Lipinski definition) is 1. The lowest BCUT2D eigenvalue weighted by Crippen LogP contribution is -2.33. The number of esters is 1. The summed E-state index contributed by atoms with van der Waals surface area (Å²) in [4.78, 5) is 36.3. The Labute approximate surface area is 155 Å². The normalized spacial score (nSPS) is 10.7. The van der Waals surface area contributed by atoms with Gasteiger partial charge in [-0.25, -0.2) is 4.68 Å². The van der Waals surface area contributed by atoms with Crippen molar-refractivity contribution in [1.29, 1.82) is 0 Å². The highest BCUT2D eigenvalue weighted by atomic mass is 16.6. The first-order valence-corrected chi connectivity index (χ1v) is 8.52. The van der Waals surface area contributed by atoms with Gasteiger partial charge in [0, 0.05) is 0 Å². The largest absolute Gasteiger partial charge is 0.490 e. The summed E-state index contributed by atoms with van der Waals surface area (Å²) in [6, 6.07) is 12.3. The fourth-order valence-corrected chi connectivity index (χ4v) is 2.86. The Balaban J connectivity index is 1.58. The van der Waals surface area contributed by atoms with Crippen LogP contribution in [0.1, 0.15) is 11.1 Å². The zero-order valence-corrected chi connectivity index (χ0v) is 15.2. The molecule has 140 valence electrons. The molecule has 0 spiro atoms. The molecule has 0 saturated carbocycles. The zero-order valence-electron chi connectivity index (χ0n) is 15.2. The number of aromatic nitrogens is 2. The molecule has 0 bridgehead atoms. The molecule has 2 aromatic carbocycles. The zero-order chi connectivity index (χ0) is 19.4. The van der Waals surface area contributed by atoms with E-state index in [1.54, 1.807) is 24.3 Å². The molecule has 27 heavy (non-hydrogen) atoms. The van der Waals surface area contributed by atoms with E-state index in [2.05, 4.69) is 5.10 Å². The summed E-state index contributed by atoms with van der Waals surface area (Å²) < 4.78 is 11.6. The predicted molar refractivity (Wildman–Crippen MR) is 101 cm³/mol. The molecule has 0 aliphatic heterocycles. The number of aryl methyl sites for hydroxylation is 2. The minimum Gasteiger partial charge on any atom is -0.490 e. The van der Waals surface area contributed by atoms with Crippen LogP contribution in [-0.4, -0.2) is 29.0 Å². The number of ether oxygens (including phenoxy) is 2. The van der Waals surface area contributed by atoms with Gasteiger partial charge < -0.3 is 9.47 Å². The van der Waals surface area contributed by atoms with Crippen molar-refractivity contribution in [2.24, 2.45) is 0 Å². The summed E-state index contributed by atoms with van der Waals surface area (Å²) in [6.07, 6.45) is 0. The van der Waals surface area contributed by atoms with Crippen molar-refractivity contribution in [2.45, 2.75) is 20.4 Å². The first-order chi connectivity index (χ1) is 12.9. The van der Waals surface area contributed by atoms with Crippen molar-refractivity contribution in [3.05, 3.63) is 74.3 Å². The van der Waals surface area contributed by atoms with E-state index >= 15 is 0 Å². The minimum atomic E-state index is -0.632. The van der Waals surface area contributed by atoms with Crippen LogP contribution in [0.25, 0.3) is 10.8 Å². The van der Waals surface area contributed by atoms with Crippen LogP contribution < -0.4 is 15.9 Å². The second-order valence-electron chi connectivity index (χ2n) is 6.27. The molecule has 0 atom stereocenters. The summed E-state index contributed by atoms with van der Waals surface area (Å²) in [6.45, 7) is 3.81. The van der Waals surface area contributed by atoms with Crippen molar-refractivity contribution in [3.63, 3.8) is 0 Å². The average Bonchev–Trinajstić information content (AvgIpc) is 2.62. The first kappa shape index (κ1) is 18.4. The smallest absolute Gasteiger partial charge is 0.327 e. The molecule has 0 aliphatic rings. The predicted octanol–water partition coefficient (Wildman–Crippen LogP) is 1.93.